The van der Waals surface area contributed by atoms with Gasteiger partial charge < -0.3 is 10.1 Å². The molecular weight excluding hydrogens is 326 g/mol. The van der Waals surface area contributed by atoms with E-state index in [2.05, 4.69) is 20.4 Å². The number of hydrogen-bond acceptors (Lipinski definition) is 6. The van der Waals surface area contributed by atoms with Gasteiger partial charge in [0, 0.05) is 5.69 Å². The lowest BCUT2D eigenvalue weighted by molar-refractivity contribution is 0.0935. The molecule has 1 aliphatic carbocycles. The van der Waals surface area contributed by atoms with E-state index in [0.717, 1.165) is 41.2 Å². The van der Waals surface area contributed by atoms with Crippen molar-refractivity contribution in [3.8, 4) is 5.88 Å². The van der Waals surface area contributed by atoms with E-state index in [1.807, 2.05) is 19.2 Å². The maximum Gasteiger partial charge on any atom is 0.257 e. The van der Waals surface area contributed by atoms with Gasteiger partial charge in [-0.25, -0.2) is 14.5 Å². The molecule has 0 spiro atoms. The number of ether oxygens (including phenoxy) is 1. The van der Waals surface area contributed by atoms with Gasteiger partial charge in [0.25, 0.3) is 5.91 Å². The topological polar surface area (TPSA) is 81.4 Å². The number of nitrogens with one attached hydrogen (secondary N) is 1. The van der Waals surface area contributed by atoms with E-state index in [-0.39, 0.29) is 11.9 Å². The quantitative estimate of drug-likeness (QED) is 0.785. The van der Waals surface area contributed by atoms with Crippen LogP contribution in [0.15, 0.2) is 17.8 Å². The second-order valence-electron chi connectivity index (χ2n) is 5.83. The molecule has 1 aliphatic rings. The number of carbonyl (C=O) groups excluding carboxylic acids is 1. The van der Waals surface area contributed by atoms with Gasteiger partial charge in [-0.1, -0.05) is 11.3 Å². The maximum atomic E-state index is 12.7. The predicted octanol–water partition coefficient (Wildman–Crippen LogP) is 2.17. The molecule has 0 aliphatic heterocycles. The molecule has 24 heavy (non-hydrogen) atoms. The number of methoxy groups -OCH3 is 1. The van der Waals surface area contributed by atoms with Crippen LogP contribution < -0.4 is 10.1 Å². The van der Waals surface area contributed by atoms with Gasteiger partial charge in [-0.2, -0.15) is 5.10 Å². The first kappa shape index (κ1) is 15.1. The van der Waals surface area contributed by atoms with Gasteiger partial charge in [0.15, 0.2) is 0 Å². The molecule has 7 nitrogen and oxygen atoms in total. The molecule has 3 heterocycles. The van der Waals surface area contributed by atoms with Crippen molar-refractivity contribution in [2.45, 2.75) is 32.2 Å². The molecule has 1 N–H and O–H groups in total. The van der Waals surface area contributed by atoms with Crippen LogP contribution in [0.3, 0.4) is 0 Å². The van der Waals surface area contributed by atoms with Crippen molar-refractivity contribution in [2.75, 3.05) is 7.11 Å². The van der Waals surface area contributed by atoms with Gasteiger partial charge in [-0.15, -0.1) is 0 Å². The van der Waals surface area contributed by atoms with Crippen LogP contribution in [0, 0.1) is 0 Å². The number of imidazole rings is 1. The molecule has 0 bridgehead atoms. The number of rotatable bonds is 4. The van der Waals surface area contributed by atoms with Crippen LogP contribution in [0.4, 0.5) is 0 Å². The molecule has 8 heteroatoms. The monoisotopic (exact) mass is 343 g/mol. The summed E-state index contributed by atoms with van der Waals surface area (Å²) >= 11 is 1.46. The Morgan fingerprint density at radius 3 is 3.08 bits per heavy atom. The highest BCUT2D eigenvalue weighted by atomic mass is 32.1. The standard InChI is InChI=1S/C16H17N5O2S/c1-9(13-7-21-16(20-13)24-8-17-21)18-14(22)11-6-10-4-3-5-12(10)19-15(11)23-2/h6-9H,3-5H2,1-2H3,(H,18,22)/t9-/m0/s1. The Morgan fingerprint density at radius 1 is 1.42 bits per heavy atom. The summed E-state index contributed by atoms with van der Waals surface area (Å²) in [6, 6.07) is 1.67. The maximum absolute atomic E-state index is 12.7. The highest BCUT2D eigenvalue weighted by Crippen LogP contribution is 2.27. The summed E-state index contributed by atoms with van der Waals surface area (Å²) in [4.78, 5) is 22.5. The van der Waals surface area contributed by atoms with Crippen molar-refractivity contribution in [3.05, 3.63) is 40.3 Å². The normalized spacial score (nSPS) is 14.6. The average Bonchev–Trinajstić information content (AvgIpc) is 3.27. The van der Waals surface area contributed by atoms with Gasteiger partial charge in [0.2, 0.25) is 10.8 Å². The predicted molar refractivity (Wildman–Crippen MR) is 89.6 cm³/mol. The zero-order chi connectivity index (χ0) is 16.7. The van der Waals surface area contributed by atoms with Gasteiger partial charge in [0.1, 0.15) is 11.1 Å². The number of pyridine rings is 1. The zero-order valence-electron chi connectivity index (χ0n) is 13.4. The first-order valence-electron chi connectivity index (χ1n) is 7.82. The zero-order valence-corrected chi connectivity index (χ0v) is 14.3. The molecule has 0 saturated heterocycles. The van der Waals surface area contributed by atoms with E-state index in [4.69, 9.17) is 4.74 Å². The Balaban J connectivity index is 1.58. The molecule has 4 rings (SSSR count). The molecule has 0 saturated carbocycles. The Morgan fingerprint density at radius 2 is 2.29 bits per heavy atom. The molecule has 1 amide bonds. The van der Waals surface area contributed by atoms with E-state index < -0.39 is 0 Å². The van der Waals surface area contributed by atoms with E-state index in [1.54, 1.807) is 17.1 Å². The molecule has 124 valence electrons. The Hall–Kier alpha value is -2.48. The Kier molecular flexibility index (Phi) is 3.68. The van der Waals surface area contributed by atoms with E-state index in [1.165, 1.54) is 11.3 Å². The third kappa shape index (κ3) is 2.52. The fraction of sp³-hybridized carbons (Fsp3) is 0.375. The largest absolute Gasteiger partial charge is 0.480 e. The smallest absolute Gasteiger partial charge is 0.257 e. The Labute approximate surface area is 142 Å². The number of amides is 1. The summed E-state index contributed by atoms with van der Waals surface area (Å²) in [5.41, 5.74) is 5.16. The van der Waals surface area contributed by atoms with Crippen LogP contribution in [0.25, 0.3) is 4.96 Å². The molecule has 3 aromatic rings. The number of aryl methyl sites for hydroxylation is 2. The van der Waals surface area contributed by atoms with E-state index >= 15 is 0 Å². The van der Waals surface area contributed by atoms with E-state index in [0.29, 0.717) is 11.4 Å². The van der Waals surface area contributed by atoms with Crippen molar-refractivity contribution < 1.29 is 9.53 Å². The number of nitrogens with zero attached hydrogens (tertiary/aromatic N) is 4. The summed E-state index contributed by atoms with van der Waals surface area (Å²) in [6.45, 7) is 1.90. The van der Waals surface area contributed by atoms with Crippen molar-refractivity contribution in [2.24, 2.45) is 0 Å². The fourth-order valence-electron chi connectivity index (χ4n) is 2.98. The lowest BCUT2D eigenvalue weighted by atomic mass is 10.1. The van der Waals surface area contributed by atoms with Crippen LogP contribution >= 0.6 is 11.3 Å². The van der Waals surface area contributed by atoms with Crippen molar-refractivity contribution in [1.82, 2.24) is 24.9 Å². The van der Waals surface area contributed by atoms with E-state index in [9.17, 15) is 4.79 Å². The highest BCUT2D eigenvalue weighted by molar-refractivity contribution is 7.14. The summed E-state index contributed by atoms with van der Waals surface area (Å²) in [5.74, 6) is 0.179. The summed E-state index contributed by atoms with van der Waals surface area (Å²) in [6.07, 6.45) is 4.81. The molecule has 0 radical (unpaired) electrons. The van der Waals surface area contributed by atoms with Crippen LogP contribution in [0.1, 0.15) is 46.7 Å². The first-order chi connectivity index (χ1) is 11.7. The second-order valence-corrected chi connectivity index (χ2v) is 6.64. The number of hydrogen-bond donors (Lipinski definition) is 1. The molecule has 0 unspecified atom stereocenters. The minimum atomic E-state index is -0.232. The number of aromatic nitrogens is 4. The van der Waals surface area contributed by atoms with Crippen LogP contribution in [-0.2, 0) is 12.8 Å². The van der Waals surface area contributed by atoms with Gasteiger partial charge in [-0.3, -0.25) is 4.79 Å². The van der Waals surface area contributed by atoms with Crippen molar-refractivity contribution in [1.29, 1.82) is 0 Å². The molecular formula is C16H17N5O2S. The highest BCUT2D eigenvalue weighted by Gasteiger charge is 2.23. The third-order valence-electron chi connectivity index (χ3n) is 4.25. The van der Waals surface area contributed by atoms with Gasteiger partial charge in [0.05, 0.1) is 25.0 Å². The minimum absolute atomic E-state index is 0.203. The molecule has 3 aromatic heterocycles. The molecule has 0 fully saturated rings. The van der Waals surface area contributed by atoms with Crippen LogP contribution in [0.5, 0.6) is 5.88 Å². The van der Waals surface area contributed by atoms with Crippen molar-refractivity contribution in [3.63, 3.8) is 0 Å². The van der Waals surface area contributed by atoms with Crippen LogP contribution in [0.2, 0.25) is 0 Å². The summed E-state index contributed by atoms with van der Waals surface area (Å²) in [7, 11) is 1.54. The number of fused-ring (bicyclic) bond motifs is 2. The average molecular weight is 343 g/mol. The Bertz CT molecular complexity index is 888. The summed E-state index contributed by atoms with van der Waals surface area (Å²) < 4.78 is 7.02. The number of carbonyl (C=O) groups is 1. The summed E-state index contributed by atoms with van der Waals surface area (Å²) in [5, 5.41) is 7.13. The lowest BCUT2D eigenvalue weighted by Crippen LogP contribution is -2.27. The second kappa shape index (κ2) is 5.86. The molecule has 0 aromatic carbocycles. The fourth-order valence-corrected chi connectivity index (χ4v) is 3.59. The SMILES string of the molecule is COc1nc2c(cc1C(=O)N[C@@H](C)c1cn3ncsc3n1)CCC2. The first-order valence-corrected chi connectivity index (χ1v) is 8.70. The minimum Gasteiger partial charge on any atom is -0.480 e. The van der Waals surface area contributed by atoms with Crippen LogP contribution in [-0.4, -0.2) is 32.6 Å². The van der Waals surface area contributed by atoms with Crippen molar-refractivity contribution >= 4 is 22.2 Å². The molecule has 1 atom stereocenters. The third-order valence-corrected chi connectivity index (χ3v) is 4.94. The lowest BCUT2D eigenvalue weighted by Gasteiger charge is -2.14. The van der Waals surface area contributed by atoms with Gasteiger partial charge in [-0.05, 0) is 37.8 Å². The van der Waals surface area contributed by atoms with Gasteiger partial charge >= 0.3 is 0 Å².